The van der Waals surface area contributed by atoms with Crippen molar-refractivity contribution in [3.05, 3.63) is 11.8 Å². The van der Waals surface area contributed by atoms with Crippen LogP contribution in [0.4, 0.5) is 0 Å². The molecule has 2 unspecified atom stereocenters. The maximum atomic E-state index is 8.81. The van der Waals surface area contributed by atoms with Crippen LogP contribution in [0.5, 0.6) is 0 Å². The monoisotopic (exact) mass is 368 g/mol. The van der Waals surface area contributed by atoms with Crippen molar-refractivity contribution in [3.8, 4) is 0 Å². The molecule has 1 aliphatic rings. The highest BCUT2D eigenvalue weighted by Gasteiger charge is 2.44. The van der Waals surface area contributed by atoms with Gasteiger partial charge in [0.1, 0.15) is 0 Å². The fourth-order valence-electron chi connectivity index (χ4n) is 4.09. The van der Waals surface area contributed by atoms with E-state index in [4.69, 9.17) is 20.6 Å². The fraction of sp³-hybridized carbons (Fsp3) is 0.850. The van der Waals surface area contributed by atoms with Crippen molar-refractivity contribution in [1.82, 2.24) is 10.2 Å². The van der Waals surface area contributed by atoms with Gasteiger partial charge < -0.3 is 30.8 Å². The molecule has 0 aliphatic heterocycles. The second-order valence-electron chi connectivity index (χ2n) is 8.24. The molecule has 0 bridgehead atoms. The summed E-state index contributed by atoms with van der Waals surface area (Å²) in [6.45, 7) is 8.63. The summed E-state index contributed by atoms with van der Waals surface area (Å²) >= 11 is 0. The van der Waals surface area contributed by atoms with Crippen LogP contribution in [0.2, 0.25) is 0 Å². The van der Waals surface area contributed by atoms with Crippen LogP contribution in [-0.4, -0.2) is 71.8 Å². The molecule has 2 atom stereocenters. The topological polar surface area (TPSA) is 83.6 Å². The molecule has 1 fully saturated rings. The third-order valence-corrected chi connectivity index (χ3v) is 6.12. The lowest BCUT2D eigenvalue weighted by Crippen LogP contribution is -2.46. The molecule has 1 rings (SSSR count). The van der Waals surface area contributed by atoms with Crippen LogP contribution in [0.3, 0.4) is 0 Å². The van der Waals surface area contributed by atoms with Gasteiger partial charge in [-0.25, -0.2) is 0 Å². The maximum absolute atomic E-state index is 8.81. The Balaban J connectivity index is 2.88. The molecule has 4 N–H and O–H groups in total. The Kier molecular flexibility index (Phi) is 9.79. The number of nitrogens with zero attached hydrogens (tertiary/aromatic N) is 1. The first-order valence-corrected chi connectivity index (χ1v) is 9.62. The van der Waals surface area contributed by atoms with Crippen molar-refractivity contribution in [2.45, 2.75) is 26.7 Å². The van der Waals surface area contributed by atoms with E-state index in [-0.39, 0.29) is 11.3 Å². The molecule has 26 heavy (non-hydrogen) atoms. The lowest BCUT2D eigenvalue weighted by Gasteiger charge is -2.48. The standard InChI is InChI=1S/C20H40N4O2/c1-20(2)17(13-25-5)9-15(10-18(20)14-26-6)19(22)16(11-21)12-24(4)8-7-23-3/h11,15,17-18,22-23H,7-10,12-14,21H2,1-6H3/b16-11-,22-19?. The van der Waals surface area contributed by atoms with Crippen molar-refractivity contribution in [2.24, 2.45) is 28.9 Å². The van der Waals surface area contributed by atoms with Gasteiger partial charge in [-0.1, -0.05) is 13.8 Å². The molecular weight excluding hydrogens is 328 g/mol. The zero-order valence-corrected chi connectivity index (χ0v) is 17.6. The second-order valence-corrected chi connectivity index (χ2v) is 8.24. The average Bonchev–Trinajstić information content (AvgIpc) is 2.61. The van der Waals surface area contributed by atoms with Crippen molar-refractivity contribution >= 4 is 5.71 Å². The van der Waals surface area contributed by atoms with E-state index in [1.807, 2.05) is 7.05 Å². The number of nitrogens with one attached hydrogen (secondary N) is 2. The minimum absolute atomic E-state index is 0.138. The van der Waals surface area contributed by atoms with Crippen molar-refractivity contribution in [2.75, 3.05) is 61.2 Å². The van der Waals surface area contributed by atoms with Gasteiger partial charge >= 0.3 is 0 Å². The number of likely N-dealkylation sites (N-methyl/N-ethyl adjacent to an activating group) is 2. The summed E-state index contributed by atoms with van der Waals surface area (Å²) in [6.07, 6.45) is 3.56. The molecule has 0 saturated heterocycles. The molecule has 0 aromatic heterocycles. The molecule has 1 saturated carbocycles. The predicted molar refractivity (Wildman–Crippen MR) is 109 cm³/mol. The van der Waals surface area contributed by atoms with E-state index in [0.717, 1.165) is 44.7 Å². The summed E-state index contributed by atoms with van der Waals surface area (Å²) in [6, 6.07) is 0. The molecule has 0 aromatic carbocycles. The van der Waals surface area contributed by atoms with Crippen LogP contribution >= 0.6 is 0 Å². The van der Waals surface area contributed by atoms with Crippen molar-refractivity contribution < 1.29 is 9.47 Å². The van der Waals surface area contributed by atoms with Gasteiger partial charge in [0.15, 0.2) is 0 Å². The zero-order valence-electron chi connectivity index (χ0n) is 17.6. The number of rotatable bonds is 11. The molecular formula is C20H40N4O2. The van der Waals surface area contributed by atoms with E-state index < -0.39 is 0 Å². The normalized spacial score (nSPS) is 26.3. The van der Waals surface area contributed by atoms with Crippen LogP contribution in [0.1, 0.15) is 26.7 Å². The highest BCUT2D eigenvalue weighted by molar-refractivity contribution is 5.99. The number of hydrogen-bond acceptors (Lipinski definition) is 6. The Morgan fingerprint density at radius 1 is 1.23 bits per heavy atom. The maximum Gasteiger partial charge on any atom is 0.0495 e. The largest absolute Gasteiger partial charge is 0.404 e. The second kappa shape index (κ2) is 11.0. The SMILES string of the molecule is CNCCN(C)C/C(=C/N)C(=N)C1CC(COC)C(C)(C)C(COC)C1. The van der Waals surface area contributed by atoms with Gasteiger partial charge in [0, 0.05) is 70.5 Å². The summed E-state index contributed by atoms with van der Waals surface area (Å²) in [5, 5.41) is 12.0. The highest BCUT2D eigenvalue weighted by atomic mass is 16.5. The first-order valence-electron chi connectivity index (χ1n) is 9.62. The quantitative estimate of drug-likeness (QED) is 0.486. The van der Waals surface area contributed by atoms with Crippen LogP contribution in [-0.2, 0) is 9.47 Å². The van der Waals surface area contributed by atoms with E-state index >= 15 is 0 Å². The zero-order chi connectivity index (χ0) is 19.7. The first-order chi connectivity index (χ1) is 12.3. The van der Waals surface area contributed by atoms with E-state index in [0.29, 0.717) is 24.1 Å². The Morgan fingerprint density at radius 2 is 1.77 bits per heavy atom. The van der Waals surface area contributed by atoms with Gasteiger partial charge in [0.25, 0.3) is 0 Å². The van der Waals surface area contributed by atoms with E-state index in [2.05, 4.69) is 31.1 Å². The molecule has 152 valence electrons. The van der Waals surface area contributed by atoms with Crippen molar-refractivity contribution in [3.63, 3.8) is 0 Å². The summed E-state index contributed by atoms with van der Waals surface area (Å²) in [5.41, 5.74) is 7.65. The van der Waals surface area contributed by atoms with Crippen LogP contribution in [0, 0.1) is 28.6 Å². The fourth-order valence-corrected chi connectivity index (χ4v) is 4.09. The predicted octanol–water partition coefficient (Wildman–Crippen LogP) is 1.96. The Hall–Kier alpha value is -0.950. The molecule has 0 heterocycles. The number of hydrogen-bond donors (Lipinski definition) is 3. The average molecular weight is 369 g/mol. The van der Waals surface area contributed by atoms with Crippen LogP contribution in [0.15, 0.2) is 11.8 Å². The minimum atomic E-state index is 0.138. The molecule has 6 nitrogen and oxygen atoms in total. The molecule has 6 heteroatoms. The van der Waals surface area contributed by atoms with Gasteiger partial charge in [-0.3, -0.25) is 0 Å². The smallest absolute Gasteiger partial charge is 0.0495 e. The van der Waals surface area contributed by atoms with Gasteiger partial charge in [0.2, 0.25) is 0 Å². The molecule has 0 spiro atoms. The van der Waals surface area contributed by atoms with E-state index in [9.17, 15) is 0 Å². The lowest BCUT2D eigenvalue weighted by atomic mass is 9.58. The number of ether oxygens (including phenoxy) is 2. The third-order valence-electron chi connectivity index (χ3n) is 6.12. The Labute approximate surface area is 160 Å². The lowest BCUT2D eigenvalue weighted by molar-refractivity contribution is -0.0359. The van der Waals surface area contributed by atoms with Crippen molar-refractivity contribution in [1.29, 1.82) is 5.41 Å². The summed E-state index contributed by atoms with van der Waals surface area (Å²) in [4.78, 5) is 2.20. The summed E-state index contributed by atoms with van der Waals surface area (Å²) < 4.78 is 11.0. The van der Waals surface area contributed by atoms with Gasteiger partial charge in [0.05, 0.1) is 0 Å². The van der Waals surface area contributed by atoms with E-state index in [1.54, 1.807) is 20.4 Å². The number of nitrogens with two attached hydrogens (primary N) is 1. The molecule has 0 radical (unpaired) electrons. The molecule has 0 amide bonds. The third kappa shape index (κ3) is 6.05. The van der Waals surface area contributed by atoms with Crippen LogP contribution < -0.4 is 11.1 Å². The van der Waals surface area contributed by atoms with Crippen LogP contribution in [0.25, 0.3) is 0 Å². The van der Waals surface area contributed by atoms with E-state index in [1.165, 1.54) is 0 Å². The first kappa shape index (κ1) is 23.1. The van der Waals surface area contributed by atoms with Gasteiger partial charge in [-0.2, -0.15) is 0 Å². The Morgan fingerprint density at radius 3 is 2.19 bits per heavy atom. The van der Waals surface area contributed by atoms with Gasteiger partial charge in [-0.05, 0) is 44.2 Å². The highest BCUT2D eigenvalue weighted by Crippen LogP contribution is 2.48. The number of methoxy groups -OCH3 is 2. The molecule has 0 aromatic rings. The Bertz CT molecular complexity index is 447. The molecule has 1 aliphatic carbocycles. The van der Waals surface area contributed by atoms with Gasteiger partial charge in [-0.15, -0.1) is 0 Å². The summed E-state index contributed by atoms with van der Waals surface area (Å²) in [5.74, 6) is 1.02. The minimum Gasteiger partial charge on any atom is -0.404 e. The summed E-state index contributed by atoms with van der Waals surface area (Å²) in [7, 11) is 7.54.